The molecule has 0 aliphatic carbocycles. The molecule has 0 N–H and O–H groups in total. The number of para-hydroxylation sites is 2. The zero-order valence-corrected chi connectivity index (χ0v) is 14.5. The number of hydrogen-bond donors (Lipinski definition) is 0. The molecular weight excluding hydrogens is 346 g/mol. The molecule has 3 rings (SSSR count). The van der Waals surface area contributed by atoms with Crippen molar-refractivity contribution in [2.45, 2.75) is 13.5 Å². The maximum Gasteiger partial charge on any atom is 0.338 e. The second kappa shape index (κ2) is 7.44. The van der Waals surface area contributed by atoms with Gasteiger partial charge in [0.2, 0.25) is 5.89 Å². The number of ether oxygens (including phenoxy) is 3. The molecule has 25 heavy (non-hydrogen) atoms. The largest absolute Gasteiger partial charge is 0.493 e. The molecule has 0 radical (unpaired) electrons. The molecule has 3 aromatic rings. The summed E-state index contributed by atoms with van der Waals surface area (Å²) in [6, 6.07) is 10.3. The third-order valence-corrected chi connectivity index (χ3v) is 3.70. The normalized spacial score (nSPS) is 10.7. The molecular formula is C18H16ClNO5. The number of fused-ring (bicyclic) bond motifs is 1. The van der Waals surface area contributed by atoms with Gasteiger partial charge in [-0.3, -0.25) is 0 Å². The molecule has 7 heteroatoms. The number of aromatic nitrogens is 1. The van der Waals surface area contributed by atoms with Gasteiger partial charge < -0.3 is 18.6 Å². The molecule has 0 aliphatic rings. The highest BCUT2D eigenvalue weighted by Gasteiger charge is 2.17. The number of halogens is 1. The first-order valence-corrected chi connectivity index (χ1v) is 8.02. The molecule has 0 fully saturated rings. The summed E-state index contributed by atoms with van der Waals surface area (Å²) < 4.78 is 21.4. The zero-order chi connectivity index (χ0) is 17.8. The first-order chi connectivity index (χ1) is 12.1. The Balaban J connectivity index is 1.75. The Kier molecular flexibility index (Phi) is 5.09. The van der Waals surface area contributed by atoms with Crippen LogP contribution in [0.15, 0.2) is 40.8 Å². The molecule has 0 amide bonds. The van der Waals surface area contributed by atoms with Crippen LogP contribution in [0, 0.1) is 0 Å². The fraction of sp³-hybridized carbons (Fsp3) is 0.222. The highest BCUT2D eigenvalue weighted by Crippen LogP contribution is 2.36. The van der Waals surface area contributed by atoms with Crippen LogP contribution in [-0.4, -0.2) is 24.7 Å². The number of nitrogens with zero attached hydrogens (tertiary/aromatic N) is 1. The summed E-state index contributed by atoms with van der Waals surface area (Å²) in [5.74, 6) is 0.509. The van der Waals surface area contributed by atoms with Gasteiger partial charge in [0, 0.05) is 0 Å². The van der Waals surface area contributed by atoms with Gasteiger partial charge in [-0.1, -0.05) is 23.7 Å². The van der Waals surface area contributed by atoms with Gasteiger partial charge in [-0.05, 0) is 31.2 Å². The summed E-state index contributed by atoms with van der Waals surface area (Å²) in [5.41, 5.74) is 1.60. The van der Waals surface area contributed by atoms with E-state index in [0.717, 1.165) is 0 Å². The highest BCUT2D eigenvalue weighted by atomic mass is 35.5. The molecule has 0 unspecified atom stereocenters. The van der Waals surface area contributed by atoms with Crippen LogP contribution in [0.25, 0.3) is 11.1 Å². The standard InChI is InChI=1S/C18H16ClNO5/c1-3-23-17-12(19)8-11(9-15(17)22-2)18(21)24-10-16-20-13-6-4-5-7-14(13)25-16/h4-9H,3,10H2,1-2H3. The quantitative estimate of drug-likeness (QED) is 0.611. The topological polar surface area (TPSA) is 70.8 Å². The molecule has 1 heterocycles. The van der Waals surface area contributed by atoms with Crippen LogP contribution in [-0.2, 0) is 11.3 Å². The first-order valence-electron chi connectivity index (χ1n) is 7.64. The minimum atomic E-state index is -0.564. The smallest absolute Gasteiger partial charge is 0.338 e. The van der Waals surface area contributed by atoms with Gasteiger partial charge in [-0.15, -0.1) is 0 Å². The van der Waals surface area contributed by atoms with Crippen LogP contribution in [0.5, 0.6) is 11.5 Å². The third kappa shape index (κ3) is 3.69. The first kappa shape index (κ1) is 17.1. The van der Waals surface area contributed by atoms with Crippen LogP contribution in [0.2, 0.25) is 5.02 Å². The van der Waals surface area contributed by atoms with Gasteiger partial charge in [0.25, 0.3) is 0 Å². The lowest BCUT2D eigenvalue weighted by atomic mass is 10.2. The van der Waals surface area contributed by atoms with Gasteiger partial charge in [0.15, 0.2) is 23.7 Å². The van der Waals surface area contributed by atoms with Crippen molar-refractivity contribution in [3.8, 4) is 11.5 Å². The maximum atomic E-state index is 12.3. The molecule has 0 spiro atoms. The van der Waals surface area contributed by atoms with Crippen molar-refractivity contribution < 1.29 is 23.4 Å². The Hall–Kier alpha value is -2.73. The molecule has 6 nitrogen and oxygen atoms in total. The zero-order valence-electron chi connectivity index (χ0n) is 13.7. The second-order valence-corrected chi connectivity index (χ2v) is 5.48. The van der Waals surface area contributed by atoms with Gasteiger partial charge in [-0.2, -0.15) is 0 Å². The summed E-state index contributed by atoms with van der Waals surface area (Å²) >= 11 is 6.16. The van der Waals surface area contributed by atoms with Crippen LogP contribution in [0.1, 0.15) is 23.2 Å². The predicted molar refractivity (Wildman–Crippen MR) is 92.3 cm³/mol. The van der Waals surface area contributed by atoms with E-state index in [0.29, 0.717) is 35.1 Å². The van der Waals surface area contributed by atoms with Crippen LogP contribution in [0.4, 0.5) is 0 Å². The average molecular weight is 362 g/mol. The third-order valence-electron chi connectivity index (χ3n) is 3.42. The number of benzene rings is 2. The molecule has 0 atom stereocenters. The Morgan fingerprint density at radius 3 is 2.80 bits per heavy atom. The minimum absolute atomic E-state index is 0.0827. The number of carbonyl (C=O) groups excluding carboxylic acids is 1. The molecule has 1 aromatic heterocycles. The van der Waals surface area contributed by atoms with Crippen molar-refractivity contribution in [3.63, 3.8) is 0 Å². The number of carbonyl (C=O) groups is 1. The molecule has 0 aliphatic heterocycles. The summed E-state index contributed by atoms with van der Waals surface area (Å²) in [5, 5.41) is 0.273. The Morgan fingerprint density at radius 1 is 1.28 bits per heavy atom. The van der Waals surface area contributed by atoms with E-state index >= 15 is 0 Å². The van der Waals surface area contributed by atoms with E-state index in [1.165, 1.54) is 19.2 Å². The van der Waals surface area contributed by atoms with Crippen molar-refractivity contribution in [2.75, 3.05) is 13.7 Å². The predicted octanol–water partition coefficient (Wildman–Crippen LogP) is 4.25. The number of methoxy groups -OCH3 is 1. The van der Waals surface area contributed by atoms with Crippen molar-refractivity contribution in [1.29, 1.82) is 0 Å². The van der Waals surface area contributed by atoms with E-state index in [2.05, 4.69) is 4.98 Å². The number of oxazole rings is 1. The maximum absolute atomic E-state index is 12.3. The van der Waals surface area contributed by atoms with Crippen LogP contribution >= 0.6 is 11.6 Å². The Bertz CT molecular complexity index is 873. The second-order valence-electron chi connectivity index (χ2n) is 5.07. The van der Waals surface area contributed by atoms with E-state index < -0.39 is 5.97 Å². The molecule has 0 saturated heterocycles. The molecule has 0 bridgehead atoms. The van der Waals surface area contributed by atoms with Gasteiger partial charge in [0.1, 0.15) is 5.52 Å². The Morgan fingerprint density at radius 2 is 2.08 bits per heavy atom. The fourth-order valence-corrected chi connectivity index (χ4v) is 2.58. The number of rotatable bonds is 6. The van der Waals surface area contributed by atoms with Crippen LogP contribution in [0.3, 0.4) is 0 Å². The molecule has 0 saturated carbocycles. The van der Waals surface area contributed by atoms with Gasteiger partial charge in [0.05, 0.1) is 24.3 Å². The molecule has 2 aromatic carbocycles. The van der Waals surface area contributed by atoms with Crippen LogP contribution < -0.4 is 9.47 Å². The summed E-state index contributed by atoms with van der Waals surface area (Å²) in [6.45, 7) is 2.18. The number of hydrogen-bond acceptors (Lipinski definition) is 6. The van der Waals surface area contributed by atoms with Crippen molar-refractivity contribution in [1.82, 2.24) is 4.98 Å². The summed E-state index contributed by atoms with van der Waals surface area (Å²) in [7, 11) is 1.47. The highest BCUT2D eigenvalue weighted by molar-refractivity contribution is 6.32. The minimum Gasteiger partial charge on any atom is -0.493 e. The fourth-order valence-electron chi connectivity index (χ4n) is 2.31. The van der Waals surface area contributed by atoms with E-state index in [1.807, 2.05) is 25.1 Å². The summed E-state index contributed by atoms with van der Waals surface area (Å²) in [6.07, 6.45) is 0. The van der Waals surface area contributed by atoms with Gasteiger partial charge in [-0.25, -0.2) is 9.78 Å². The Labute approximate surface area is 149 Å². The van der Waals surface area contributed by atoms with E-state index in [9.17, 15) is 4.79 Å². The van der Waals surface area contributed by atoms with E-state index in [-0.39, 0.29) is 17.2 Å². The monoisotopic (exact) mass is 361 g/mol. The van der Waals surface area contributed by atoms with E-state index in [4.69, 9.17) is 30.2 Å². The molecule has 130 valence electrons. The van der Waals surface area contributed by atoms with E-state index in [1.54, 1.807) is 6.07 Å². The number of esters is 1. The SMILES string of the molecule is CCOc1c(Cl)cc(C(=O)OCc2nc3ccccc3o2)cc1OC. The lowest BCUT2D eigenvalue weighted by Gasteiger charge is -2.12. The van der Waals surface area contributed by atoms with Gasteiger partial charge >= 0.3 is 5.97 Å². The lowest BCUT2D eigenvalue weighted by molar-refractivity contribution is 0.0440. The van der Waals surface area contributed by atoms with Crippen molar-refractivity contribution >= 4 is 28.7 Å². The van der Waals surface area contributed by atoms with Crippen molar-refractivity contribution in [3.05, 3.63) is 52.9 Å². The summed E-state index contributed by atoms with van der Waals surface area (Å²) in [4.78, 5) is 16.5. The average Bonchev–Trinajstić information content (AvgIpc) is 3.04. The van der Waals surface area contributed by atoms with Crippen molar-refractivity contribution in [2.24, 2.45) is 0 Å². The lowest BCUT2D eigenvalue weighted by Crippen LogP contribution is -2.07.